The van der Waals surface area contributed by atoms with Crippen LogP contribution in [0, 0.1) is 5.41 Å². The van der Waals surface area contributed by atoms with Crippen molar-refractivity contribution < 1.29 is 27.8 Å². The van der Waals surface area contributed by atoms with Gasteiger partial charge in [-0.2, -0.15) is 0 Å². The zero-order valence-electron chi connectivity index (χ0n) is 20.8. The Kier molecular flexibility index (Phi) is 8.36. The van der Waals surface area contributed by atoms with Crippen molar-refractivity contribution in [1.29, 1.82) is 0 Å². The molecule has 2 aromatic rings. The summed E-state index contributed by atoms with van der Waals surface area (Å²) in [5.41, 5.74) is 2.88. The molecule has 2 atom stereocenters. The summed E-state index contributed by atoms with van der Waals surface area (Å²) in [4.78, 5) is 11.1. The smallest absolute Gasteiger partial charge is 0.302 e. The molecule has 4 nitrogen and oxygen atoms in total. The number of esters is 1. The minimum absolute atomic E-state index is 0.0688. The average molecular weight is 519 g/mol. The number of carbonyl (C=O) groups is 1. The summed E-state index contributed by atoms with van der Waals surface area (Å²) in [6.45, 7) is 4.04. The number of alkyl halides is 2. The summed E-state index contributed by atoms with van der Waals surface area (Å²) in [6, 6.07) is 13.8. The van der Waals surface area contributed by atoms with Crippen LogP contribution in [0.3, 0.4) is 0 Å². The van der Waals surface area contributed by atoms with Crippen molar-refractivity contribution in [2.45, 2.75) is 70.5 Å². The molecule has 0 N–H and O–H groups in total. The zero-order valence-corrected chi connectivity index (χ0v) is 21.5. The van der Waals surface area contributed by atoms with E-state index < -0.39 is 5.92 Å². The number of ether oxygens (including phenoxy) is 3. The largest absolute Gasteiger partial charge is 0.493 e. The molecule has 0 unspecified atom stereocenters. The van der Waals surface area contributed by atoms with Gasteiger partial charge in [-0.25, -0.2) is 8.78 Å². The van der Waals surface area contributed by atoms with Crippen molar-refractivity contribution in [3.05, 3.63) is 76.3 Å². The van der Waals surface area contributed by atoms with E-state index in [4.69, 9.17) is 25.8 Å². The molecule has 7 heteroatoms. The van der Waals surface area contributed by atoms with Gasteiger partial charge in [-0.1, -0.05) is 54.9 Å². The van der Waals surface area contributed by atoms with E-state index in [-0.39, 0.29) is 43.0 Å². The lowest BCUT2D eigenvalue weighted by Gasteiger charge is -2.36. The lowest BCUT2D eigenvalue weighted by atomic mass is 9.75. The normalized spacial score (nSPS) is 22.7. The average Bonchev–Trinajstić information content (AvgIpc) is 2.86. The summed E-state index contributed by atoms with van der Waals surface area (Å²) in [7, 11) is 0. The number of carbonyl (C=O) groups excluding carboxylic acids is 1. The van der Waals surface area contributed by atoms with Crippen LogP contribution < -0.4 is 4.74 Å². The second kappa shape index (κ2) is 11.3. The quantitative estimate of drug-likeness (QED) is 0.268. The number of rotatable bonds is 8. The van der Waals surface area contributed by atoms with Gasteiger partial charge in [0.25, 0.3) is 0 Å². The molecule has 1 aliphatic heterocycles. The molecular formula is C29H33ClF2O4. The molecule has 2 aliphatic rings. The summed E-state index contributed by atoms with van der Waals surface area (Å²) in [5.74, 6) is -2.13. The predicted octanol–water partition coefficient (Wildman–Crippen LogP) is 7.47. The third-order valence-electron chi connectivity index (χ3n) is 7.03. The third kappa shape index (κ3) is 7.30. The van der Waals surface area contributed by atoms with Gasteiger partial charge in [-0.3, -0.25) is 4.79 Å². The highest BCUT2D eigenvalue weighted by atomic mass is 35.5. The van der Waals surface area contributed by atoms with Crippen LogP contribution in [0.5, 0.6) is 5.75 Å². The van der Waals surface area contributed by atoms with E-state index in [1.165, 1.54) is 6.92 Å². The molecule has 0 bridgehead atoms. The SMILES string of the molecule is CC(=O)OC[C@H]1C=CC[C@@H](c2ccc(Cl)c(Cc3ccc(OCC4(C)CCC(F)(F)CC4)cc3)c2)O1. The van der Waals surface area contributed by atoms with Crippen molar-refractivity contribution in [1.82, 2.24) is 0 Å². The van der Waals surface area contributed by atoms with Crippen LogP contribution in [0.25, 0.3) is 0 Å². The van der Waals surface area contributed by atoms with Crippen LogP contribution in [0.4, 0.5) is 8.78 Å². The van der Waals surface area contributed by atoms with E-state index in [0.29, 0.717) is 30.9 Å². The molecule has 0 saturated heterocycles. The molecular weight excluding hydrogens is 486 g/mol. The van der Waals surface area contributed by atoms with E-state index in [0.717, 1.165) is 28.9 Å². The van der Waals surface area contributed by atoms with Crippen molar-refractivity contribution >= 4 is 17.6 Å². The first-order chi connectivity index (χ1) is 17.1. The fourth-order valence-corrected chi connectivity index (χ4v) is 4.83. The Hall–Kier alpha value is -2.44. The molecule has 2 aromatic carbocycles. The highest BCUT2D eigenvalue weighted by molar-refractivity contribution is 6.31. The molecule has 0 radical (unpaired) electrons. The summed E-state index contributed by atoms with van der Waals surface area (Å²) < 4.78 is 44.1. The lowest BCUT2D eigenvalue weighted by Crippen LogP contribution is -2.35. The van der Waals surface area contributed by atoms with E-state index >= 15 is 0 Å². The Morgan fingerprint density at radius 3 is 2.53 bits per heavy atom. The third-order valence-corrected chi connectivity index (χ3v) is 7.39. The van der Waals surface area contributed by atoms with E-state index in [2.05, 4.69) is 12.1 Å². The van der Waals surface area contributed by atoms with Gasteiger partial charge in [0.2, 0.25) is 5.92 Å². The molecule has 4 rings (SSSR count). The Morgan fingerprint density at radius 2 is 1.83 bits per heavy atom. The highest BCUT2D eigenvalue weighted by Crippen LogP contribution is 2.43. The van der Waals surface area contributed by atoms with Gasteiger partial charge in [-0.15, -0.1) is 0 Å². The fourth-order valence-electron chi connectivity index (χ4n) is 4.65. The maximum Gasteiger partial charge on any atom is 0.302 e. The number of hydrogen-bond donors (Lipinski definition) is 0. The standard InChI is InChI=1S/C29H33ClF2O4/c1-20(33)34-18-25-4-3-5-27(36-25)22-8-11-26(30)23(17-22)16-21-6-9-24(10-7-21)35-19-28(2)12-14-29(31,32)15-13-28/h3-4,6-11,17,25,27H,5,12-16,18-19H2,1-2H3/t25-,27+/m1/s1. The fraction of sp³-hybridized carbons (Fsp3) is 0.483. The van der Waals surface area contributed by atoms with Crippen LogP contribution >= 0.6 is 11.6 Å². The van der Waals surface area contributed by atoms with Crippen LogP contribution in [0.1, 0.15) is 68.7 Å². The highest BCUT2D eigenvalue weighted by Gasteiger charge is 2.41. The van der Waals surface area contributed by atoms with E-state index in [1.807, 2.05) is 49.4 Å². The van der Waals surface area contributed by atoms with Gasteiger partial charge in [0.1, 0.15) is 18.5 Å². The molecule has 1 saturated carbocycles. The predicted molar refractivity (Wildman–Crippen MR) is 136 cm³/mol. The Labute approximate surface area is 216 Å². The monoisotopic (exact) mass is 518 g/mol. The Bertz CT molecular complexity index is 1070. The minimum atomic E-state index is -2.54. The van der Waals surface area contributed by atoms with E-state index in [1.54, 1.807) is 0 Å². The van der Waals surface area contributed by atoms with Crippen molar-refractivity contribution in [3.63, 3.8) is 0 Å². The molecule has 0 spiro atoms. The van der Waals surface area contributed by atoms with Gasteiger partial charge in [0, 0.05) is 30.2 Å². The number of hydrogen-bond acceptors (Lipinski definition) is 4. The number of benzene rings is 2. The maximum absolute atomic E-state index is 13.5. The van der Waals surface area contributed by atoms with Crippen molar-refractivity contribution in [3.8, 4) is 5.75 Å². The molecule has 1 aliphatic carbocycles. The van der Waals surface area contributed by atoms with Gasteiger partial charge in [0.15, 0.2) is 0 Å². The Balaban J connectivity index is 1.35. The van der Waals surface area contributed by atoms with Crippen molar-refractivity contribution in [2.75, 3.05) is 13.2 Å². The summed E-state index contributed by atoms with van der Waals surface area (Å²) >= 11 is 6.51. The van der Waals surface area contributed by atoms with Gasteiger partial charge >= 0.3 is 5.97 Å². The molecule has 36 heavy (non-hydrogen) atoms. The Morgan fingerprint density at radius 1 is 1.11 bits per heavy atom. The van der Waals surface area contributed by atoms with Crippen LogP contribution in [0.2, 0.25) is 5.02 Å². The van der Waals surface area contributed by atoms with Gasteiger partial charge in [-0.05, 0) is 60.6 Å². The second-order valence-electron chi connectivity index (χ2n) is 10.3. The first-order valence-electron chi connectivity index (χ1n) is 12.4. The summed E-state index contributed by atoms with van der Waals surface area (Å²) in [5, 5.41) is 0.684. The van der Waals surface area contributed by atoms with Gasteiger partial charge in [0.05, 0.1) is 12.7 Å². The van der Waals surface area contributed by atoms with E-state index in [9.17, 15) is 13.6 Å². The summed E-state index contributed by atoms with van der Waals surface area (Å²) in [6.07, 6.45) is 5.75. The number of halogens is 3. The van der Waals surface area contributed by atoms with Crippen molar-refractivity contribution in [2.24, 2.45) is 5.41 Å². The molecule has 1 heterocycles. The van der Waals surface area contributed by atoms with Crippen LogP contribution in [0.15, 0.2) is 54.6 Å². The second-order valence-corrected chi connectivity index (χ2v) is 10.7. The zero-order chi connectivity index (χ0) is 25.8. The molecule has 0 amide bonds. The molecule has 1 fully saturated rings. The first-order valence-corrected chi connectivity index (χ1v) is 12.8. The first kappa shape index (κ1) is 26.6. The topological polar surface area (TPSA) is 44.8 Å². The van der Waals surface area contributed by atoms with Gasteiger partial charge < -0.3 is 14.2 Å². The lowest BCUT2D eigenvalue weighted by molar-refractivity contribution is -0.145. The maximum atomic E-state index is 13.5. The minimum Gasteiger partial charge on any atom is -0.493 e. The molecule has 0 aromatic heterocycles. The van der Waals surface area contributed by atoms with Crippen LogP contribution in [-0.4, -0.2) is 31.2 Å². The van der Waals surface area contributed by atoms with Crippen LogP contribution in [-0.2, 0) is 20.7 Å². The molecule has 194 valence electrons.